The van der Waals surface area contributed by atoms with Crippen LogP contribution in [0.5, 0.6) is 5.75 Å². The van der Waals surface area contributed by atoms with E-state index in [2.05, 4.69) is 36.7 Å². The van der Waals surface area contributed by atoms with Crippen LogP contribution in [0.3, 0.4) is 0 Å². The van der Waals surface area contributed by atoms with Crippen molar-refractivity contribution in [2.24, 2.45) is 11.1 Å². The summed E-state index contributed by atoms with van der Waals surface area (Å²) >= 11 is 3.49. The van der Waals surface area contributed by atoms with Crippen LogP contribution in [0.15, 0.2) is 22.7 Å². The molecule has 0 heterocycles. The van der Waals surface area contributed by atoms with E-state index < -0.39 is 0 Å². The van der Waals surface area contributed by atoms with Gasteiger partial charge in [0.1, 0.15) is 5.75 Å². The summed E-state index contributed by atoms with van der Waals surface area (Å²) in [7, 11) is 0. The van der Waals surface area contributed by atoms with Crippen LogP contribution in [0.4, 0.5) is 0 Å². The summed E-state index contributed by atoms with van der Waals surface area (Å²) in [4.78, 5) is 0. The number of rotatable bonds is 4. The molecule has 0 fully saturated rings. The molecule has 0 saturated heterocycles. The van der Waals surface area contributed by atoms with Gasteiger partial charge in [-0.25, -0.2) is 0 Å². The molecule has 0 aliphatic heterocycles. The fourth-order valence-electron chi connectivity index (χ4n) is 1.26. The van der Waals surface area contributed by atoms with E-state index >= 15 is 0 Å². The second-order valence-electron chi connectivity index (χ2n) is 5.13. The van der Waals surface area contributed by atoms with Gasteiger partial charge < -0.3 is 10.5 Å². The maximum Gasteiger partial charge on any atom is 0.133 e. The van der Waals surface area contributed by atoms with E-state index in [4.69, 9.17) is 10.5 Å². The molecule has 0 amide bonds. The van der Waals surface area contributed by atoms with Gasteiger partial charge in [0.05, 0.1) is 11.1 Å². The second-order valence-corrected chi connectivity index (χ2v) is 5.98. The molecule has 2 N–H and O–H groups in total. The summed E-state index contributed by atoms with van der Waals surface area (Å²) in [5.74, 6) is 0.890. The summed E-state index contributed by atoms with van der Waals surface area (Å²) in [5, 5.41) is 0. The van der Waals surface area contributed by atoms with Crippen LogP contribution >= 0.6 is 15.9 Å². The monoisotopic (exact) mass is 285 g/mol. The van der Waals surface area contributed by atoms with Crippen molar-refractivity contribution in [3.8, 4) is 5.75 Å². The molecule has 16 heavy (non-hydrogen) atoms. The first-order valence-electron chi connectivity index (χ1n) is 5.54. The van der Waals surface area contributed by atoms with E-state index in [0.29, 0.717) is 12.0 Å². The van der Waals surface area contributed by atoms with Crippen LogP contribution in [0, 0.1) is 5.41 Å². The van der Waals surface area contributed by atoms with Gasteiger partial charge in [-0.2, -0.15) is 0 Å². The zero-order valence-corrected chi connectivity index (χ0v) is 11.8. The predicted molar refractivity (Wildman–Crippen MR) is 71.6 cm³/mol. The molecule has 1 aromatic carbocycles. The topological polar surface area (TPSA) is 35.2 Å². The Labute approximate surface area is 106 Å². The minimum Gasteiger partial charge on any atom is -0.492 e. The van der Waals surface area contributed by atoms with Gasteiger partial charge in [-0.05, 0) is 45.5 Å². The molecular formula is C13H20BrNO. The Morgan fingerprint density at radius 1 is 1.31 bits per heavy atom. The zero-order valence-electron chi connectivity index (χ0n) is 10.2. The highest BCUT2D eigenvalue weighted by Crippen LogP contribution is 2.27. The maximum absolute atomic E-state index is 5.72. The number of nitrogens with two attached hydrogens (primary N) is 1. The zero-order chi connectivity index (χ0) is 12.2. The van der Waals surface area contributed by atoms with Crippen LogP contribution in [0.2, 0.25) is 0 Å². The van der Waals surface area contributed by atoms with Crippen LogP contribution in [-0.4, -0.2) is 6.61 Å². The largest absolute Gasteiger partial charge is 0.492 e. The van der Waals surface area contributed by atoms with Crippen LogP contribution in [-0.2, 0) is 6.54 Å². The number of hydrogen-bond donors (Lipinski definition) is 1. The molecule has 3 heteroatoms. The molecule has 1 aromatic rings. The fourth-order valence-corrected chi connectivity index (χ4v) is 1.80. The van der Waals surface area contributed by atoms with Crippen molar-refractivity contribution in [1.82, 2.24) is 0 Å². The SMILES string of the molecule is CC(C)(C)CCOc1ccc(CN)cc1Br. The Morgan fingerprint density at radius 3 is 2.50 bits per heavy atom. The summed E-state index contributed by atoms with van der Waals surface area (Å²) in [5.41, 5.74) is 6.98. The van der Waals surface area contributed by atoms with E-state index in [9.17, 15) is 0 Å². The summed E-state index contributed by atoms with van der Waals surface area (Å²) in [6.45, 7) is 7.93. The van der Waals surface area contributed by atoms with Gasteiger partial charge >= 0.3 is 0 Å². The highest BCUT2D eigenvalue weighted by atomic mass is 79.9. The van der Waals surface area contributed by atoms with E-state index in [1.165, 1.54) is 0 Å². The average Bonchev–Trinajstić information content (AvgIpc) is 2.18. The first kappa shape index (κ1) is 13.5. The van der Waals surface area contributed by atoms with E-state index in [0.717, 1.165) is 28.8 Å². The molecule has 0 saturated carbocycles. The molecule has 90 valence electrons. The highest BCUT2D eigenvalue weighted by molar-refractivity contribution is 9.10. The Morgan fingerprint density at radius 2 is 2.00 bits per heavy atom. The van der Waals surface area contributed by atoms with Gasteiger partial charge in [-0.1, -0.05) is 26.8 Å². The predicted octanol–water partition coefficient (Wildman–Crippen LogP) is 3.72. The number of halogens is 1. The molecule has 2 nitrogen and oxygen atoms in total. The van der Waals surface area contributed by atoms with Crippen molar-refractivity contribution in [2.75, 3.05) is 6.61 Å². The molecule has 0 radical (unpaired) electrons. The summed E-state index contributed by atoms with van der Waals surface area (Å²) < 4.78 is 6.70. The van der Waals surface area contributed by atoms with Crippen molar-refractivity contribution in [1.29, 1.82) is 0 Å². The standard InChI is InChI=1S/C13H20BrNO/c1-13(2,3)6-7-16-12-5-4-10(9-15)8-11(12)14/h4-5,8H,6-7,9,15H2,1-3H3. The van der Waals surface area contributed by atoms with Gasteiger partial charge in [0.15, 0.2) is 0 Å². The molecule has 0 aliphatic carbocycles. The number of benzene rings is 1. The Kier molecular flexibility index (Phi) is 4.81. The van der Waals surface area contributed by atoms with Gasteiger partial charge in [-0.15, -0.1) is 0 Å². The summed E-state index contributed by atoms with van der Waals surface area (Å²) in [6.07, 6.45) is 1.04. The lowest BCUT2D eigenvalue weighted by Gasteiger charge is -2.18. The molecule has 0 spiro atoms. The van der Waals surface area contributed by atoms with Crippen molar-refractivity contribution in [2.45, 2.75) is 33.7 Å². The molecule has 0 bridgehead atoms. The van der Waals surface area contributed by atoms with Crippen LogP contribution < -0.4 is 10.5 Å². The van der Waals surface area contributed by atoms with E-state index in [1.54, 1.807) is 0 Å². The van der Waals surface area contributed by atoms with Crippen molar-refractivity contribution < 1.29 is 4.74 Å². The van der Waals surface area contributed by atoms with Crippen molar-refractivity contribution in [3.63, 3.8) is 0 Å². The highest BCUT2D eigenvalue weighted by Gasteiger charge is 2.10. The molecule has 0 atom stereocenters. The minimum absolute atomic E-state index is 0.309. The lowest BCUT2D eigenvalue weighted by atomic mass is 9.93. The third-order valence-electron chi connectivity index (χ3n) is 2.34. The fraction of sp³-hybridized carbons (Fsp3) is 0.538. The van der Waals surface area contributed by atoms with Crippen molar-refractivity contribution >= 4 is 15.9 Å². The molecule has 0 aliphatic rings. The third kappa shape index (κ3) is 4.54. The summed E-state index contributed by atoms with van der Waals surface area (Å²) in [6, 6.07) is 5.97. The Balaban J connectivity index is 2.55. The third-order valence-corrected chi connectivity index (χ3v) is 2.96. The lowest BCUT2D eigenvalue weighted by molar-refractivity contribution is 0.242. The first-order chi connectivity index (χ1) is 7.42. The van der Waals surface area contributed by atoms with Crippen molar-refractivity contribution in [3.05, 3.63) is 28.2 Å². The molecule has 1 rings (SSSR count). The first-order valence-corrected chi connectivity index (χ1v) is 6.33. The van der Waals surface area contributed by atoms with Gasteiger partial charge in [0, 0.05) is 6.54 Å². The molecular weight excluding hydrogens is 266 g/mol. The molecule has 0 unspecified atom stereocenters. The van der Waals surface area contributed by atoms with Gasteiger partial charge in [-0.3, -0.25) is 0 Å². The van der Waals surface area contributed by atoms with Gasteiger partial charge in [0.2, 0.25) is 0 Å². The average molecular weight is 286 g/mol. The smallest absolute Gasteiger partial charge is 0.133 e. The van der Waals surface area contributed by atoms with E-state index in [1.807, 2.05) is 18.2 Å². The second kappa shape index (κ2) is 5.69. The number of hydrogen-bond acceptors (Lipinski definition) is 2. The minimum atomic E-state index is 0.309. The lowest BCUT2D eigenvalue weighted by Crippen LogP contribution is -2.11. The number of ether oxygens (including phenoxy) is 1. The maximum atomic E-state index is 5.72. The van der Waals surface area contributed by atoms with Gasteiger partial charge in [0.25, 0.3) is 0 Å². The normalized spacial score (nSPS) is 11.6. The Hall–Kier alpha value is -0.540. The van der Waals surface area contributed by atoms with Crippen LogP contribution in [0.25, 0.3) is 0 Å². The quantitative estimate of drug-likeness (QED) is 0.915. The van der Waals surface area contributed by atoms with Crippen LogP contribution in [0.1, 0.15) is 32.8 Å². The molecule has 0 aromatic heterocycles. The Bertz CT molecular complexity index is 344. The van der Waals surface area contributed by atoms with E-state index in [-0.39, 0.29) is 0 Å².